The minimum absolute atomic E-state index is 0.0380. The number of nitrogens with one attached hydrogen (secondary N) is 2. The lowest BCUT2D eigenvalue weighted by atomic mass is 10.2. The summed E-state index contributed by atoms with van der Waals surface area (Å²) in [6.45, 7) is 0.721. The van der Waals surface area contributed by atoms with Crippen LogP contribution in [0.2, 0.25) is 0 Å². The lowest BCUT2D eigenvalue weighted by Crippen LogP contribution is -2.17. The topological polar surface area (TPSA) is 106 Å². The monoisotopic (exact) mass is 322 g/mol. The Bertz CT molecular complexity index is 736. The first-order valence-corrected chi connectivity index (χ1v) is 7.52. The number of carbonyl (C=O) groups excluding carboxylic acids is 1. The van der Waals surface area contributed by atoms with Gasteiger partial charge in [-0.2, -0.15) is 0 Å². The summed E-state index contributed by atoms with van der Waals surface area (Å²) in [7, 11) is 1.39. The lowest BCUT2D eigenvalue weighted by molar-refractivity contribution is 0.102. The number of rotatable bonds is 4. The number of ether oxygens (including phenoxy) is 2. The van der Waals surface area contributed by atoms with E-state index in [0.717, 1.165) is 24.5 Å². The van der Waals surface area contributed by atoms with Gasteiger partial charge in [-0.25, -0.2) is 0 Å². The van der Waals surface area contributed by atoms with Gasteiger partial charge in [-0.15, -0.1) is 10.2 Å². The average molecular weight is 322 g/mol. The van der Waals surface area contributed by atoms with Crippen LogP contribution in [0.15, 0.2) is 17.1 Å². The van der Waals surface area contributed by atoms with E-state index in [1.165, 1.54) is 30.7 Å². The van der Waals surface area contributed by atoms with Gasteiger partial charge in [-0.05, 0) is 12.8 Å². The molecule has 8 nitrogen and oxygen atoms in total. The number of aromatic amines is 1. The predicted octanol–water partition coefficient (Wildman–Crippen LogP) is 1.34. The molecule has 9 heteroatoms. The Balaban J connectivity index is 1.71. The molecule has 1 aliphatic heterocycles. The minimum atomic E-state index is -0.463. The maximum absolute atomic E-state index is 12.1. The third kappa shape index (κ3) is 3.00. The van der Waals surface area contributed by atoms with E-state index in [-0.39, 0.29) is 23.0 Å². The van der Waals surface area contributed by atoms with Crippen LogP contribution in [0.5, 0.6) is 5.75 Å². The Morgan fingerprint density at radius 2 is 2.41 bits per heavy atom. The maximum Gasteiger partial charge on any atom is 0.274 e. The molecule has 0 spiro atoms. The van der Waals surface area contributed by atoms with Gasteiger partial charge in [0.2, 0.25) is 10.6 Å². The zero-order chi connectivity index (χ0) is 15.5. The third-order valence-electron chi connectivity index (χ3n) is 3.21. The second kappa shape index (κ2) is 6.24. The molecule has 1 atom stereocenters. The molecule has 0 unspecified atom stereocenters. The fourth-order valence-electron chi connectivity index (χ4n) is 2.10. The highest BCUT2D eigenvalue weighted by Gasteiger charge is 2.22. The molecule has 116 valence electrons. The molecule has 0 aromatic carbocycles. The van der Waals surface area contributed by atoms with Gasteiger partial charge in [0.1, 0.15) is 16.8 Å². The normalized spacial score (nSPS) is 17.4. The summed E-state index contributed by atoms with van der Waals surface area (Å²) in [6.07, 6.45) is 3.21. The van der Waals surface area contributed by atoms with Crippen molar-refractivity contribution in [1.29, 1.82) is 0 Å². The summed E-state index contributed by atoms with van der Waals surface area (Å²) in [5, 5.41) is 11.7. The van der Waals surface area contributed by atoms with E-state index in [2.05, 4.69) is 20.5 Å². The third-order valence-corrected chi connectivity index (χ3v) is 4.14. The standard InChI is InChI=1S/C13H14N4O4S/c1-20-10-6-14-7(5-8(10)18)11(19)15-13-17-16-12(22-13)9-3-2-4-21-9/h5-6,9H,2-4H2,1H3,(H,14,18)(H,15,17,19)/t9-/m1/s1. The molecule has 3 heterocycles. The Morgan fingerprint density at radius 3 is 3.09 bits per heavy atom. The second-order valence-corrected chi connectivity index (χ2v) is 5.69. The fourth-order valence-corrected chi connectivity index (χ4v) is 2.92. The van der Waals surface area contributed by atoms with Crippen molar-refractivity contribution in [3.63, 3.8) is 0 Å². The summed E-state index contributed by atoms with van der Waals surface area (Å²) < 4.78 is 10.4. The number of pyridine rings is 1. The van der Waals surface area contributed by atoms with Crippen LogP contribution in [-0.2, 0) is 4.74 Å². The van der Waals surface area contributed by atoms with Gasteiger partial charge in [0.25, 0.3) is 5.91 Å². The number of hydrogen-bond donors (Lipinski definition) is 2. The molecule has 3 rings (SSSR count). The van der Waals surface area contributed by atoms with Crippen LogP contribution < -0.4 is 15.5 Å². The molecule has 0 saturated carbocycles. The van der Waals surface area contributed by atoms with Gasteiger partial charge in [0, 0.05) is 18.9 Å². The van der Waals surface area contributed by atoms with Crippen molar-refractivity contribution in [3.8, 4) is 5.75 Å². The summed E-state index contributed by atoms with van der Waals surface area (Å²) in [6, 6.07) is 1.18. The largest absolute Gasteiger partial charge is 0.491 e. The summed E-state index contributed by atoms with van der Waals surface area (Å²) >= 11 is 1.27. The van der Waals surface area contributed by atoms with Crippen molar-refractivity contribution in [2.45, 2.75) is 18.9 Å². The molecular formula is C13H14N4O4S. The zero-order valence-electron chi connectivity index (χ0n) is 11.8. The van der Waals surface area contributed by atoms with Crippen LogP contribution in [0, 0.1) is 0 Å². The van der Waals surface area contributed by atoms with Crippen molar-refractivity contribution in [1.82, 2.24) is 15.2 Å². The van der Waals surface area contributed by atoms with Crippen molar-refractivity contribution in [2.75, 3.05) is 19.0 Å². The van der Waals surface area contributed by atoms with Gasteiger partial charge in [0.05, 0.1) is 7.11 Å². The van der Waals surface area contributed by atoms with Gasteiger partial charge >= 0.3 is 0 Å². The number of aromatic nitrogens is 3. The Morgan fingerprint density at radius 1 is 1.55 bits per heavy atom. The van der Waals surface area contributed by atoms with Crippen molar-refractivity contribution in [3.05, 3.63) is 33.2 Å². The van der Waals surface area contributed by atoms with E-state index in [0.29, 0.717) is 5.13 Å². The number of anilines is 1. The first-order chi connectivity index (χ1) is 10.7. The Kier molecular flexibility index (Phi) is 4.16. The molecule has 22 heavy (non-hydrogen) atoms. The van der Waals surface area contributed by atoms with E-state index in [9.17, 15) is 9.59 Å². The van der Waals surface area contributed by atoms with Crippen molar-refractivity contribution in [2.24, 2.45) is 0 Å². The maximum atomic E-state index is 12.1. The van der Waals surface area contributed by atoms with Crippen LogP contribution in [0.3, 0.4) is 0 Å². The van der Waals surface area contributed by atoms with Gasteiger partial charge in [0.15, 0.2) is 5.75 Å². The van der Waals surface area contributed by atoms with E-state index >= 15 is 0 Å². The van der Waals surface area contributed by atoms with Crippen LogP contribution in [-0.4, -0.2) is 34.8 Å². The van der Waals surface area contributed by atoms with Crippen molar-refractivity contribution < 1.29 is 14.3 Å². The van der Waals surface area contributed by atoms with Crippen LogP contribution >= 0.6 is 11.3 Å². The predicted molar refractivity (Wildman–Crippen MR) is 79.4 cm³/mol. The van der Waals surface area contributed by atoms with E-state index < -0.39 is 5.91 Å². The van der Waals surface area contributed by atoms with Gasteiger partial charge in [-0.3, -0.25) is 14.9 Å². The van der Waals surface area contributed by atoms with Crippen LogP contribution in [0.4, 0.5) is 5.13 Å². The highest BCUT2D eigenvalue weighted by Crippen LogP contribution is 2.31. The molecule has 0 bridgehead atoms. The molecule has 2 N–H and O–H groups in total. The molecular weight excluding hydrogens is 308 g/mol. The molecule has 1 amide bonds. The summed E-state index contributed by atoms with van der Waals surface area (Å²) in [5.74, 6) is -0.317. The smallest absolute Gasteiger partial charge is 0.274 e. The lowest BCUT2D eigenvalue weighted by Gasteiger charge is -2.03. The van der Waals surface area contributed by atoms with Crippen molar-refractivity contribution >= 4 is 22.4 Å². The first-order valence-electron chi connectivity index (χ1n) is 6.70. The Labute approximate surface area is 129 Å². The molecule has 2 aromatic rings. The second-order valence-electron chi connectivity index (χ2n) is 4.68. The summed E-state index contributed by atoms with van der Waals surface area (Å²) in [4.78, 5) is 26.4. The molecule has 2 aromatic heterocycles. The summed E-state index contributed by atoms with van der Waals surface area (Å²) in [5.41, 5.74) is -0.247. The molecule has 0 radical (unpaired) electrons. The van der Waals surface area contributed by atoms with E-state index in [1.54, 1.807) is 0 Å². The molecule has 1 saturated heterocycles. The van der Waals surface area contributed by atoms with E-state index in [4.69, 9.17) is 9.47 Å². The average Bonchev–Trinajstić information content (AvgIpc) is 3.17. The SMILES string of the molecule is COc1c[nH]c(C(=O)Nc2nnc([C@H]3CCCO3)s2)cc1=O. The van der Waals surface area contributed by atoms with E-state index in [1.807, 2.05) is 0 Å². The number of hydrogen-bond acceptors (Lipinski definition) is 7. The fraction of sp³-hybridized carbons (Fsp3) is 0.385. The number of methoxy groups -OCH3 is 1. The van der Waals surface area contributed by atoms with Crippen LogP contribution in [0.1, 0.15) is 34.4 Å². The Hall–Kier alpha value is -2.26. The number of H-pyrrole nitrogens is 1. The quantitative estimate of drug-likeness (QED) is 0.880. The zero-order valence-corrected chi connectivity index (χ0v) is 12.6. The highest BCUT2D eigenvalue weighted by molar-refractivity contribution is 7.15. The number of amides is 1. The van der Waals surface area contributed by atoms with Gasteiger partial charge < -0.3 is 14.5 Å². The van der Waals surface area contributed by atoms with Crippen LogP contribution in [0.25, 0.3) is 0 Å². The molecule has 1 fully saturated rings. The first kappa shape index (κ1) is 14.7. The molecule has 1 aliphatic rings. The number of carbonyl (C=O) groups is 1. The number of nitrogens with zero attached hydrogens (tertiary/aromatic N) is 2. The highest BCUT2D eigenvalue weighted by atomic mass is 32.1. The van der Waals surface area contributed by atoms with Gasteiger partial charge in [-0.1, -0.05) is 11.3 Å². The molecule has 0 aliphatic carbocycles. The minimum Gasteiger partial charge on any atom is -0.491 e.